The first kappa shape index (κ1) is 18.0. The lowest BCUT2D eigenvalue weighted by molar-refractivity contribution is 0.474. The molecule has 0 spiro atoms. The van der Waals surface area contributed by atoms with Crippen LogP contribution in [0.25, 0.3) is 0 Å². The summed E-state index contributed by atoms with van der Waals surface area (Å²) in [5, 5.41) is 11.0. The fraction of sp³-hybridized carbons (Fsp3) is 0.500. The standard InChI is InChI=1S/C18H28N6/c1-4-19-18(20-11-7-8-12-24-14-21-22-15-24)23(3)13-17-10-6-5-9-16(17)2/h5-6,9-10,14-15H,4,7-8,11-13H2,1-3H3,(H,19,20). The van der Waals surface area contributed by atoms with Gasteiger partial charge in [-0.3, -0.25) is 4.99 Å². The van der Waals surface area contributed by atoms with Crippen LogP contribution in [0.5, 0.6) is 0 Å². The molecule has 6 nitrogen and oxygen atoms in total. The number of aromatic nitrogens is 3. The fourth-order valence-corrected chi connectivity index (χ4v) is 2.52. The van der Waals surface area contributed by atoms with Crippen LogP contribution in [0, 0.1) is 6.92 Å². The Kier molecular flexibility index (Phi) is 7.26. The molecule has 0 bridgehead atoms. The third-order valence-electron chi connectivity index (χ3n) is 3.92. The van der Waals surface area contributed by atoms with Crippen LogP contribution in [-0.4, -0.2) is 45.8 Å². The molecule has 130 valence electrons. The maximum Gasteiger partial charge on any atom is 0.193 e. The smallest absolute Gasteiger partial charge is 0.193 e. The summed E-state index contributed by atoms with van der Waals surface area (Å²) in [5.74, 6) is 0.963. The molecular formula is C18H28N6. The van der Waals surface area contributed by atoms with Gasteiger partial charge in [0.2, 0.25) is 0 Å². The van der Waals surface area contributed by atoms with Crippen LogP contribution < -0.4 is 5.32 Å². The number of guanidine groups is 1. The SMILES string of the molecule is CCNC(=NCCCCn1cnnc1)N(C)Cc1ccccc1C. The van der Waals surface area contributed by atoms with Crippen LogP contribution in [0.15, 0.2) is 41.9 Å². The number of aliphatic imine (C=N–C) groups is 1. The lowest BCUT2D eigenvalue weighted by atomic mass is 10.1. The van der Waals surface area contributed by atoms with Crippen molar-refractivity contribution in [3.8, 4) is 0 Å². The zero-order chi connectivity index (χ0) is 17.2. The van der Waals surface area contributed by atoms with Crippen molar-refractivity contribution < 1.29 is 0 Å². The van der Waals surface area contributed by atoms with Crippen molar-refractivity contribution in [2.75, 3.05) is 20.1 Å². The molecule has 0 amide bonds. The molecular weight excluding hydrogens is 300 g/mol. The fourth-order valence-electron chi connectivity index (χ4n) is 2.52. The highest BCUT2D eigenvalue weighted by atomic mass is 15.3. The molecule has 0 aliphatic carbocycles. The molecule has 6 heteroatoms. The van der Waals surface area contributed by atoms with Gasteiger partial charge in [0.25, 0.3) is 0 Å². The van der Waals surface area contributed by atoms with Gasteiger partial charge in [-0.25, -0.2) is 0 Å². The van der Waals surface area contributed by atoms with E-state index in [0.29, 0.717) is 0 Å². The van der Waals surface area contributed by atoms with Gasteiger partial charge in [0.05, 0.1) is 0 Å². The summed E-state index contributed by atoms with van der Waals surface area (Å²) in [6.45, 7) is 7.75. The summed E-state index contributed by atoms with van der Waals surface area (Å²) in [4.78, 5) is 6.94. The predicted molar refractivity (Wildman–Crippen MR) is 97.9 cm³/mol. The number of nitrogens with one attached hydrogen (secondary N) is 1. The Morgan fingerprint density at radius 3 is 2.67 bits per heavy atom. The van der Waals surface area contributed by atoms with Gasteiger partial charge in [0, 0.05) is 33.2 Å². The third-order valence-corrected chi connectivity index (χ3v) is 3.92. The second-order valence-electron chi connectivity index (χ2n) is 5.93. The maximum absolute atomic E-state index is 4.75. The maximum atomic E-state index is 4.75. The van der Waals surface area contributed by atoms with Crippen LogP contribution in [0.2, 0.25) is 0 Å². The van der Waals surface area contributed by atoms with Crippen LogP contribution in [-0.2, 0) is 13.1 Å². The van der Waals surface area contributed by atoms with Crippen molar-refractivity contribution in [2.24, 2.45) is 4.99 Å². The highest BCUT2D eigenvalue weighted by Crippen LogP contribution is 2.09. The molecule has 1 N–H and O–H groups in total. The van der Waals surface area contributed by atoms with Crippen molar-refractivity contribution in [3.05, 3.63) is 48.0 Å². The van der Waals surface area contributed by atoms with E-state index in [2.05, 4.69) is 65.6 Å². The lowest BCUT2D eigenvalue weighted by Gasteiger charge is -2.23. The Labute approximate surface area is 144 Å². The van der Waals surface area contributed by atoms with Crippen molar-refractivity contribution in [1.29, 1.82) is 0 Å². The van der Waals surface area contributed by atoms with Gasteiger partial charge in [-0.15, -0.1) is 10.2 Å². The number of hydrogen-bond acceptors (Lipinski definition) is 3. The summed E-state index contributed by atoms with van der Waals surface area (Å²) >= 11 is 0. The molecule has 0 aliphatic rings. The molecule has 0 radical (unpaired) electrons. The van der Waals surface area contributed by atoms with Gasteiger partial charge < -0.3 is 14.8 Å². The molecule has 0 unspecified atom stereocenters. The zero-order valence-corrected chi connectivity index (χ0v) is 14.9. The van der Waals surface area contributed by atoms with Gasteiger partial charge in [0.1, 0.15) is 12.7 Å². The van der Waals surface area contributed by atoms with Crippen LogP contribution >= 0.6 is 0 Å². The second-order valence-corrected chi connectivity index (χ2v) is 5.93. The van der Waals surface area contributed by atoms with Gasteiger partial charge >= 0.3 is 0 Å². The van der Waals surface area contributed by atoms with Crippen molar-refractivity contribution in [1.82, 2.24) is 25.0 Å². The van der Waals surface area contributed by atoms with E-state index in [1.54, 1.807) is 12.7 Å². The first-order chi connectivity index (χ1) is 11.7. The topological polar surface area (TPSA) is 58.3 Å². The summed E-state index contributed by atoms with van der Waals surface area (Å²) < 4.78 is 2.00. The van der Waals surface area contributed by atoms with Gasteiger partial charge in [-0.2, -0.15) is 0 Å². The van der Waals surface area contributed by atoms with Crippen LogP contribution in [0.3, 0.4) is 0 Å². The average Bonchev–Trinajstić information content (AvgIpc) is 3.09. The van der Waals surface area contributed by atoms with Gasteiger partial charge in [0.15, 0.2) is 5.96 Å². The number of unbranched alkanes of at least 4 members (excludes halogenated alkanes) is 1. The predicted octanol–water partition coefficient (Wildman–Crippen LogP) is 2.46. The summed E-state index contributed by atoms with van der Waals surface area (Å²) in [6, 6.07) is 8.49. The molecule has 2 aromatic rings. The molecule has 24 heavy (non-hydrogen) atoms. The van der Waals surface area contributed by atoms with Crippen molar-refractivity contribution >= 4 is 5.96 Å². The Morgan fingerprint density at radius 2 is 1.96 bits per heavy atom. The number of hydrogen-bond donors (Lipinski definition) is 1. The van der Waals surface area contributed by atoms with E-state index in [0.717, 1.165) is 45.0 Å². The number of aryl methyl sites for hydroxylation is 2. The van der Waals surface area contributed by atoms with E-state index in [4.69, 9.17) is 4.99 Å². The Morgan fingerprint density at radius 1 is 1.21 bits per heavy atom. The normalized spacial score (nSPS) is 11.5. The Hall–Kier alpha value is -2.37. The molecule has 0 saturated heterocycles. The zero-order valence-electron chi connectivity index (χ0n) is 14.9. The Bertz CT molecular complexity index is 620. The molecule has 1 heterocycles. The summed E-state index contributed by atoms with van der Waals surface area (Å²) in [7, 11) is 2.09. The van der Waals surface area contributed by atoms with E-state index in [9.17, 15) is 0 Å². The Balaban J connectivity index is 1.83. The molecule has 0 atom stereocenters. The highest BCUT2D eigenvalue weighted by Gasteiger charge is 2.07. The lowest BCUT2D eigenvalue weighted by Crippen LogP contribution is -2.38. The molecule has 0 fully saturated rings. The van der Waals surface area contributed by atoms with Crippen LogP contribution in [0.4, 0.5) is 0 Å². The largest absolute Gasteiger partial charge is 0.357 e. The van der Waals surface area contributed by atoms with E-state index in [1.165, 1.54) is 11.1 Å². The minimum atomic E-state index is 0.822. The van der Waals surface area contributed by atoms with Gasteiger partial charge in [-0.05, 0) is 37.8 Å². The molecule has 0 saturated carbocycles. The number of rotatable bonds is 8. The van der Waals surface area contributed by atoms with Gasteiger partial charge in [-0.1, -0.05) is 24.3 Å². The van der Waals surface area contributed by atoms with Crippen molar-refractivity contribution in [3.63, 3.8) is 0 Å². The number of benzene rings is 1. The molecule has 1 aromatic carbocycles. The monoisotopic (exact) mass is 328 g/mol. The van der Waals surface area contributed by atoms with E-state index >= 15 is 0 Å². The first-order valence-electron chi connectivity index (χ1n) is 8.57. The minimum absolute atomic E-state index is 0.822. The highest BCUT2D eigenvalue weighted by molar-refractivity contribution is 5.79. The first-order valence-corrected chi connectivity index (χ1v) is 8.57. The molecule has 1 aromatic heterocycles. The average molecular weight is 328 g/mol. The van der Waals surface area contributed by atoms with E-state index in [1.807, 2.05) is 4.57 Å². The quantitative estimate of drug-likeness (QED) is 0.459. The van der Waals surface area contributed by atoms with E-state index < -0.39 is 0 Å². The molecule has 0 aliphatic heterocycles. The third kappa shape index (κ3) is 5.68. The van der Waals surface area contributed by atoms with E-state index in [-0.39, 0.29) is 0 Å². The summed E-state index contributed by atoms with van der Waals surface area (Å²) in [5.41, 5.74) is 2.65. The summed E-state index contributed by atoms with van der Waals surface area (Å²) in [6.07, 6.45) is 5.63. The molecule has 2 rings (SSSR count). The number of nitrogens with zero attached hydrogens (tertiary/aromatic N) is 5. The second kappa shape index (κ2) is 9.70. The minimum Gasteiger partial charge on any atom is -0.357 e. The van der Waals surface area contributed by atoms with Crippen LogP contribution in [0.1, 0.15) is 30.9 Å². The van der Waals surface area contributed by atoms with Crippen molar-refractivity contribution in [2.45, 2.75) is 39.8 Å².